The Kier molecular flexibility index (Phi) is 8.12. The highest BCUT2D eigenvalue weighted by Gasteiger charge is 2.15. The van der Waals surface area contributed by atoms with E-state index >= 15 is 0 Å². The number of nitrogens with zero attached hydrogens (tertiary/aromatic N) is 2. The number of ether oxygens (including phenoxy) is 1. The van der Waals surface area contributed by atoms with Crippen LogP contribution in [-0.2, 0) is 6.42 Å². The fourth-order valence-electron chi connectivity index (χ4n) is 3.71. The lowest BCUT2D eigenvalue weighted by molar-refractivity contribution is 0.208. The standard InChI is InChI=1S/C23H31BrN2O/c1-2-3-4-6-11-19-15-25-23(26-16-19)20-12-13-22(21(24)14-20)27-17-18-9-7-5-8-10-18/h12-16,18H,2-11,17H2,1H3. The highest BCUT2D eigenvalue weighted by atomic mass is 79.9. The van der Waals surface area contributed by atoms with Gasteiger partial charge in [0.1, 0.15) is 5.75 Å². The SMILES string of the molecule is CCCCCCc1cnc(-c2ccc(OCC3CCCCC3)c(Br)c2)nc1. The van der Waals surface area contributed by atoms with Crippen molar-refractivity contribution in [2.45, 2.75) is 71.1 Å². The molecule has 0 radical (unpaired) electrons. The van der Waals surface area contributed by atoms with Crippen molar-refractivity contribution in [1.82, 2.24) is 9.97 Å². The molecule has 1 aromatic heterocycles. The number of aryl methyl sites for hydroxylation is 1. The average molecular weight is 431 g/mol. The summed E-state index contributed by atoms with van der Waals surface area (Å²) < 4.78 is 7.04. The molecule has 146 valence electrons. The zero-order valence-corrected chi connectivity index (χ0v) is 18.0. The van der Waals surface area contributed by atoms with Gasteiger partial charge in [0.2, 0.25) is 0 Å². The van der Waals surface area contributed by atoms with Crippen molar-refractivity contribution in [3.63, 3.8) is 0 Å². The van der Waals surface area contributed by atoms with E-state index in [0.29, 0.717) is 5.92 Å². The summed E-state index contributed by atoms with van der Waals surface area (Å²) in [6.45, 7) is 3.06. The first kappa shape index (κ1) is 20.3. The molecule has 3 rings (SSSR count). The van der Waals surface area contributed by atoms with Crippen molar-refractivity contribution in [3.05, 3.63) is 40.6 Å². The largest absolute Gasteiger partial charge is 0.492 e. The fraction of sp³-hybridized carbons (Fsp3) is 0.565. The zero-order valence-electron chi connectivity index (χ0n) is 16.4. The Labute approximate surface area is 172 Å². The summed E-state index contributed by atoms with van der Waals surface area (Å²) in [5.41, 5.74) is 2.24. The number of hydrogen-bond acceptors (Lipinski definition) is 3. The number of aromatic nitrogens is 2. The molecule has 1 heterocycles. The summed E-state index contributed by atoms with van der Waals surface area (Å²) in [4.78, 5) is 9.13. The lowest BCUT2D eigenvalue weighted by Gasteiger charge is -2.22. The van der Waals surface area contributed by atoms with Crippen LogP contribution >= 0.6 is 15.9 Å². The summed E-state index contributed by atoms with van der Waals surface area (Å²) >= 11 is 3.65. The first-order valence-electron chi connectivity index (χ1n) is 10.5. The molecule has 27 heavy (non-hydrogen) atoms. The van der Waals surface area contributed by atoms with E-state index < -0.39 is 0 Å². The predicted molar refractivity (Wildman–Crippen MR) is 115 cm³/mol. The quantitative estimate of drug-likeness (QED) is 0.402. The maximum absolute atomic E-state index is 6.06. The van der Waals surface area contributed by atoms with Crippen LogP contribution in [0.3, 0.4) is 0 Å². The summed E-state index contributed by atoms with van der Waals surface area (Å²) in [7, 11) is 0. The van der Waals surface area contributed by atoms with Gasteiger partial charge in [-0.3, -0.25) is 0 Å². The number of benzene rings is 1. The van der Waals surface area contributed by atoms with Crippen LogP contribution < -0.4 is 4.74 Å². The molecular weight excluding hydrogens is 400 g/mol. The molecule has 0 N–H and O–H groups in total. The van der Waals surface area contributed by atoms with Crippen molar-refractivity contribution in [2.24, 2.45) is 5.92 Å². The molecule has 0 atom stereocenters. The van der Waals surface area contributed by atoms with Gasteiger partial charge >= 0.3 is 0 Å². The monoisotopic (exact) mass is 430 g/mol. The minimum atomic E-state index is 0.707. The van der Waals surface area contributed by atoms with Gasteiger partial charge in [0.15, 0.2) is 5.82 Å². The summed E-state index contributed by atoms with van der Waals surface area (Å²) in [5.74, 6) is 2.39. The number of rotatable bonds is 9. The van der Waals surface area contributed by atoms with E-state index in [-0.39, 0.29) is 0 Å². The molecule has 1 fully saturated rings. The topological polar surface area (TPSA) is 35.0 Å². The Hall–Kier alpha value is -1.42. The molecule has 2 aromatic rings. The first-order valence-corrected chi connectivity index (χ1v) is 11.3. The third-order valence-electron chi connectivity index (χ3n) is 5.41. The summed E-state index contributed by atoms with van der Waals surface area (Å²) in [6.07, 6.45) is 16.8. The number of halogens is 1. The smallest absolute Gasteiger partial charge is 0.159 e. The maximum atomic E-state index is 6.06. The number of unbranched alkanes of at least 4 members (excludes halogenated alkanes) is 3. The zero-order chi connectivity index (χ0) is 18.9. The van der Waals surface area contributed by atoms with Crippen LogP contribution in [0.15, 0.2) is 35.1 Å². The van der Waals surface area contributed by atoms with E-state index in [0.717, 1.165) is 34.6 Å². The molecule has 1 saturated carbocycles. The van der Waals surface area contributed by atoms with Crippen molar-refractivity contribution in [3.8, 4) is 17.1 Å². The molecule has 0 saturated heterocycles. The van der Waals surface area contributed by atoms with Gasteiger partial charge in [0, 0.05) is 18.0 Å². The normalized spacial score (nSPS) is 15.0. The summed E-state index contributed by atoms with van der Waals surface area (Å²) in [5, 5.41) is 0. The molecule has 0 bridgehead atoms. The van der Waals surface area contributed by atoms with Gasteiger partial charge in [-0.25, -0.2) is 9.97 Å². The van der Waals surface area contributed by atoms with Crippen LogP contribution in [0.2, 0.25) is 0 Å². The highest BCUT2D eigenvalue weighted by molar-refractivity contribution is 9.10. The molecule has 4 heteroatoms. The van der Waals surface area contributed by atoms with Crippen LogP contribution in [0.1, 0.15) is 70.3 Å². The van der Waals surface area contributed by atoms with Crippen LogP contribution in [0.4, 0.5) is 0 Å². The predicted octanol–water partition coefficient (Wildman–Crippen LogP) is 6.99. The third kappa shape index (κ3) is 6.31. The Morgan fingerprint density at radius 2 is 1.81 bits per heavy atom. The highest BCUT2D eigenvalue weighted by Crippen LogP contribution is 2.31. The summed E-state index contributed by atoms with van der Waals surface area (Å²) in [6, 6.07) is 6.15. The van der Waals surface area contributed by atoms with E-state index in [9.17, 15) is 0 Å². The molecule has 0 aliphatic heterocycles. The second-order valence-electron chi connectivity index (χ2n) is 7.69. The first-order chi connectivity index (χ1) is 13.3. The maximum Gasteiger partial charge on any atom is 0.159 e. The van der Waals surface area contributed by atoms with Crippen LogP contribution in [0, 0.1) is 5.92 Å². The van der Waals surface area contributed by atoms with E-state index in [2.05, 4.69) is 45.0 Å². The van der Waals surface area contributed by atoms with E-state index in [4.69, 9.17) is 4.74 Å². The van der Waals surface area contributed by atoms with E-state index in [1.165, 1.54) is 63.4 Å². The van der Waals surface area contributed by atoms with Crippen LogP contribution in [-0.4, -0.2) is 16.6 Å². The Morgan fingerprint density at radius 3 is 2.52 bits per heavy atom. The molecule has 0 unspecified atom stereocenters. The number of hydrogen-bond donors (Lipinski definition) is 0. The van der Waals surface area contributed by atoms with Crippen molar-refractivity contribution < 1.29 is 4.74 Å². The van der Waals surface area contributed by atoms with Gasteiger partial charge in [0.25, 0.3) is 0 Å². The van der Waals surface area contributed by atoms with Gasteiger partial charge in [-0.15, -0.1) is 0 Å². The van der Waals surface area contributed by atoms with Crippen molar-refractivity contribution in [1.29, 1.82) is 0 Å². The lowest BCUT2D eigenvalue weighted by Crippen LogP contribution is -2.15. The second-order valence-corrected chi connectivity index (χ2v) is 8.54. The lowest BCUT2D eigenvalue weighted by atomic mass is 9.90. The molecule has 1 aliphatic carbocycles. The molecular formula is C23H31BrN2O. The fourth-order valence-corrected chi connectivity index (χ4v) is 4.20. The molecule has 3 nitrogen and oxygen atoms in total. The van der Waals surface area contributed by atoms with Crippen molar-refractivity contribution >= 4 is 15.9 Å². The minimum Gasteiger partial charge on any atom is -0.492 e. The Balaban J connectivity index is 1.56. The van der Waals surface area contributed by atoms with Gasteiger partial charge in [0.05, 0.1) is 11.1 Å². The minimum absolute atomic E-state index is 0.707. The van der Waals surface area contributed by atoms with Gasteiger partial charge in [-0.1, -0.05) is 45.4 Å². The molecule has 0 amide bonds. The van der Waals surface area contributed by atoms with Gasteiger partial charge < -0.3 is 4.74 Å². The molecule has 1 aromatic carbocycles. The third-order valence-corrected chi connectivity index (χ3v) is 6.03. The average Bonchev–Trinajstić information content (AvgIpc) is 2.71. The van der Waals surface area contributed by atoms with Gasteiger partial charge in [-0.2, -0.15) is 0 Å². The van der Waals surface area contributed by atoms with Crippen LogP contribution in [0.5, 0.6) is 5.75 Å². The second kappa shape index (κ2) is 10.8. The van der Waals surface area contributed by atoms with Crippen molar-refractivity contribution in [2.75, 3.05) is 6.61 Å². The molecule has 1 aliphatic rings. The van der Waals surface area contributed by atoms with Crippen LogP contribution in [0.25, 0.3) is 11.4 Å². The van der Waals surface area contributed by atoms with Gasteiger partial charge in [-0.05, 0) is 71.3 Å². The Bertz CT molecular complexity index is 696. The Morgan fingerprint density at radius 1 is 1.04 bits per heavy atom. The molecule has 0 spiro atoms. The van der Waals surface area contributed by atoms with E-state index in [1.807, 2.05) is 18.5 Å². The van der Waals surface area contributed by atoms with E-state index in [1.54, 1.807) is 0 Å².